The van der Waals surface area contributed by atoms with Crippen molar-refractivity contribution in [2.75, 3.05) is 5.32 Å². The van der Waals surface area contributed by atoms with Crippen LogP contribution < -0.4 is 5.32 Å². The summed E-state index contributed by atoms with van der Waals surface area (Å²) < 4.78 is 2.19. The van der Waals surface area contributed by atoms with Crippen molar-refractivity contribution in [1.29, 1.82) is 5.26 Å². The van der Waals surface area contributed by atoms with Crippen molar-refractivity contribution in [3.05, 3.63) is 57.4 Å². The first kappa shape index (κ1) is 18.8. The van der Waals surface area contributed by atoms with E-state index in [-0.39, 0.29) is 5.57 Å². The molecule has 2 rings (SSSR count). The van der Waals surface area contributed by atoms with Gasteiger partial charge in [0.15, 0.2) is 0 Å². The van der Waals surface area contributed by atoms with Crippen molar-refractivity contribution < 1.29 is 4.79 Å². The van der Waals surface area contributed by atoms with E-state index in [1.54, 1.807) is 18.2 Å². The van der Waals surface area contributed by atoms with E-state index in [4.69, 9.17) is 11.6 Å². The summed E-state index contributed by atoms with van der Waals surface area (Å²) in [6.45, 7) is 8.95. The number of anilines is 1. The summed E-state index contributed by atoms with van der Waals surface area (Å²) in [4.78, 5) is 12.5. The third-order valence-corrected chi connectivity index (χ3v) is 4.41. The topological polar surface area (TPSA) is 57.8 Å². The monoisotopic (exact) mass is 355 g/mol. The first-order chi connectivity index (χ1) is 11.9. The normalized spacial score (nSPS) is 11.3. The zero-order valence-corrected chi connectivity index (χ0v) is 15.7. The van der Waals surface area contributed by atoms with Crippen molar-refractivity contribution in [1.82, 2.24) is 4.57 Å². The van der Waals surface area contributed by atoms with Gasteiger partial charge in [-0.2, -0.15) is 5.26 Å². The first-order valence-corrected chi connectivity index (χ1v) is 8.61. The van der Waals surface area contributed by atoms with E-state index in [1.807, 2.05) is 39.0 Å². The number of rotatable bonds is 5. The van der Waals surface area contributed by atoms with Crippen LogP contribution in [0.25, 0.3) is 6.08 Å². The van der Waals surface area contributed by atoms with E-state index in [2.05, 4.69) is 16.8 Å². The Labute approximate surface area is 153 Å². The van der Waals surface area contributed by atoms with Gasteiger partial charge in [-0.3, -0.25) is 4.79 Å². The fourth-order valence-corrected chi connectivity index (χ4v) is 2.94. The van der Waals surface area contributed by atoms with Gasteiger partial charge in [-0.05, 0) is 62.6 Å². The Bertz CT molecular complexity index is 872. The number of benzene rings is 1. The highest BCUT2D eigenvalue weighted by atomic mass is 35.5. The Morgan fingerprint density at radius 3 is 2.68 bits per heavy atom. The number of nitrogens with one attached hydrogen (secondary N) is 1. The van der Waals surface area contributed by atoms with Gasteiger partial charge >= 0.3 is 0 Å². The lowest BCUT2D eigenvalue weighted by molar-refractivity contribution is -0.112. The Morgan fingerprint density at radius 1 is 1.32 bits per heavy atom. The van der Waals surface area contributed by atoms with Gasteiger partial charge in [0, 0.05) is 28.6 Å². The molecule has 0 aliphatic heterocycles. The zero-order valence-electron chi connectivity index (χ0n) is 15.0. The van der Waals surface area contributed by atoms with Gasteiger partial charge in [-0.1, -0.05) is 24.6 Å². The van der Waals surface area contributed by atoms with Crippen molar-refractivity contribution in [3.63, 3.8) is 0 Å². The van der Waals surface area contributed by atoms with Crippen molar-refractivity contribution in [2.45, 2.75) is 40.7 Å². The van der Waals surface area contributed by atoms with Crippen molar-refractivity contribution in [3.8, 4) is 6.07 Å². The summed E-state index contributed by atoms with van der Waals surface area (Å²) in [7, 11) is 0. The average molecular weight is 356 g/mol. The highest BCUT2D eigenvalue weighted by molar-refractivity contribution is 6.31. The van der Waals surface area contributed by atoms with Crippen LogP contribution in [0.5, 0.6) is 0 Å². The standard InChI is InChI=1S/C20H22ClN3O/c1-5-8-24-14(3)9-16(15(24)4)10-17(12-22)20(25)23-19-11-18(21)7-6-13(19)2/h6-7,9-11H,5,8H2,1-4H3,(H,23,25)/b17-10+. The molecule has 1 aromatic heterocycles. The molecule has 0 bridgehead atoms. The van der Waals surface area contributed by atoms with Crippen molar-refractivity contribution >= 4 is 29.3 Å². The lowest BCUT2D eigenvalue weighted by Gasteiger charge is -2.09. The van der Waals surface area contributed by atoms with E-state index in [0.29, 0.717) is 10.7 Å². The Hall–Kier alpha value is -2.51. The number of amides is 1. The van der Waals surface area contributed by atoms with Crippen LogP contribution >= 0.6 is 11.6 Å². The van der Waals surface area contributed by atoms with E-state index < -0.39 is 5.91 Å². The number of hydrogen-bond acceptors (Lipinski definition) is 2. The zero-order chi connectivity index (χ0) is 18.6. The summed E-state index contributed by atoms with van der Waals surface area (Å²) in [6.07, 6.45) is 2.67. The Morgan fingerprint density at radius 2 is 2.04 bits per heavy atom. The molecule has 5 heteroatoms. The van der Waals surface area contributed by atoms with E-state index >= 15 is 0 Å². The minimum absolute atomic E-state index is 0.0659. The smallest absolute Gasteiger partial charge is 0.266 e. The number of nitrogens with zero attached hydrogens (tertiary/aromatic N) is 2. The molecule has 4 nitrogen and oxygen atoms in total. The molecular weight excluding hydrogens is 334 g/mol. The molecule has 1 amide bonds. The molecule has 0 atom stereocenters. The summed E-state index contributed by atoms with van der Waals surface area (Å²) in [6, 6.07) is 9.26. The Balaban J connectivity index is 2.32. The largest absolute Gasteiger partial charge is 0.349 e. The van der Waals surface area contributed by atoms with Gasteiger partial charge in [-0.15, -0.1) is 0 Å². The molecule has 0 saturated heterocycles. The number of hydrogen-bond donors (Lipinski definition) is 1. The first-order valence-electron chi connectivity index (χ1n) is 8.23. The maximum Gasteiger partial charge on any atom is 0.266 e. The van der Waals surface area contributed by atoms with Crippen LogP contribution in [0.4, 0.5) is 5.69 Å². The summed E-state index contributed by atoms with van der Waals surface area (Å²) in [5.74, 6) is -0.437. The number of nitriles is 1. The number of carbonyl (C=O) groups is 1. The minimum atomic E-state index is -0.437. The molecule has 2 aromatic rings. The molecule has 0 unspecified atom stereocenters. The van der Waals surface area contributed by atoms with Crippen LogP contribution in [0.3, 0.4) is 0 Å². The van der Waals surface area contributed by atoms with Gasteiger partial charge in [0.2, 0.25) is 0 Å². The molecule has 1 N–H and O–H groups in total. The summed E-state index contributed by atoms with van der Waals surface area (Å²) in [5.41, 5.74) is 4.62. The lowest BCUT2D eigenvalue weighted by atomic mass is 10.1. The van der Waals surface area contributed by atoms with E-state index in [9.17, 15) is 10.1 Å². The van der Waals surface area contributed by atoms with E-state index in [1.165, 1.54) is 0 Å². The second-order valence-electron chi connectivity index (χ2n) is 6.06. The lowest BCUT2D eigenvalue weighted by Crippen LogP contribution is -2.14. The summed E-state index contributed by atoms with van der Waals surface area (Å²) in [5, 5.41) is 12.7. The maximum absolute atomic E-state index is 12.5. The molecule has 0 saturated carbocycles. The van der Waals surface area contributed by atoms with Crippen LogP contribution in [0, 0.1) is 32.1 Å². The third kappa shape index (κ3) is 4.32. The van der Waals surface area contributed by atoms with Crippen LogP contribution in [0.1, 0.15) is 35.9 Å². The van der Waals surface area contributed by atoms with E-state index in [0.717, 1.165) is 35.5 Å². The fourth-order valence-electron chi connectivity index (χ4n) is 2.76. The van der Waals surface area contributed by atoms with Gasteiger partial charge in [-0.25, -0.2) is 0 Å². The van der Waals surface area contributed by atoms with Crippen LogP contribution in [-0.4, -0.2) is 10.5 Å². The number of aryl methyl sites for hydroxylation is 2. The van der Waals surface area contributed by atoms with Gasteiger partial charge in [0.05, 0.1) is 0 Å². The third-order valence-electron chi connectivity index (χ3n) is 4.17. The second-order valence-corrected chi connectivity index (χ2v) is 6.50. The second kappa shape index (κ2) is 8.04. The number of carbonyl (C=O) groups excluding carboxylic acids is 1. The number of aromatic nitrogens is 1. The molecular formula is C20H22ClN3O. The molecule has 130 valence electrons. The predicted octanol–water partition coefficient (Wildman–Crippen LogP) is 5.02. The van der Waals surface area contributed by atoms with Crippen molar-refractivity contribution in [2.24, 2.45) is 0 Å². The molecule has 25 heavy (non-hydrogen) atoms. The van der Waals surface area contributed by atoms with Crippen LogP contribution in [0.15, 0.2) is 29.8 Å². The SMILES string of the molecule is CCCn1c(C)cc(/C=C(\C#N)C(=O)Nc2cc(Cl)ccc2C)c1C. The van der Waals surface area contributed by atoms with Crippen LogP contribution in [-0.2, 0) is 11.3 Å². The predicted molar refractivity (Wildman–Crippen MR) is 103 cm³/mol. The quantitative estimate of drug-likeness (QED) is 0.604. The van der Waals surface area contributed by atoms with Crippen LogP contribution in [0.2, 0.25) is 5.02 Å². The molecule has 0 spiro atoms. The highest BCUT2D eigenvalue weighted by Crippen LogP contribution is 2.22. The van der Waals surface area contributed by atoms with Gasteiger partial charge in [0.1, 0.15) is 11.6 Å². The molecule has 0 radical (unpaired) electrons. The minimum Gasteiger partial charge on any atom is -0.349 e. The molecule has 1 heterocycles. The molecule has 0 aliphatic carbocycles. The Kier molecular flexibility index (Phi) is 6.06. The molecule has 0 aliphatic rings. The average Bonchev–Trinajstić information content (AvgIpc) is 2.83. The van der Waals surface area contributed by atoms with Gasteiger partial charge < -0.3 is 9.88 Å². The number of halogens is 1. The molecule has 0 fully saturated rings. The summed E-state index contributed by atoms with van der Waals surface area (Å²) >= 11 is 5.98. The highest BCUT2D eigenvalue weighted by Gasteiger charge is 2.14. The maximum atomic E-state index is 12.5. The fraction of sp³-hybridized carbons (Fsp3) is 0.300. The van der Waals surface area contributed by atoms with Gasteiger partial charge in [0.25, 0.3) is 5.91 Å². The molecule has 1 aromatic carbocycles.